The second-order valence-corrected chi connectivity index (χ2v) is 10.6. The van der Waals surface area contributed by atoms with Crippen LogP contribution in [-0.4, -0.2) is 35.9 Å². The molecule has 0 aromatic rings. The Labute approximate surface area is 187 Å². The van der Waals surface area contributed by atoms with Gasteiger partial charge in [0.25, 0.3) is 0 Å². The first kappa shape index (κ1) is 24.5. The Hall–Kier alpha value is -1.61. The van der Waals surface area contributed by atoms with Crippen molar-refractivity contribution < 1.29 is 45.1 Å². The summed E-state index contributed by atoms with van der Waals surface area (Å²) in [5, 5.41) is 0. The van der Waals surface area contributed by atoms with E-state index in [1.807, 2.05) is 13.0 Å². The van der Waals surface area contributed by atoms with Crippen molar-refractivity contribution in [2.75, 3.05) is 0 Å². The average Bonchev–Trinajstić information content (AvgIpc) is 3.02. The SMILES string of the molecule is CC12CCC3C(CC=C4CC(OC(=O)C(F)(F)C(F)(F)C(F)(F)F)CCC43C)C1CCC2=O. The largest absolute Gasteiger partial charge is 0.460 e. The number of fused-ring (bicyclic) bond motifs is 5. The van der Waals surface area contributed by atoms with E-state index in [4.69, 9.17) is 0 Å². The number of rotatable bonds is 3. The minimum atomic E-state index is -6.58. The van der Waals surface area contributed by atoms with Gasteiger partial charge < -0.3 is 4.74 Å². The van der Waals surface area contributed by atoms with Gasteiger partial charge in [-0.15, -0.1) is 0 Å². The number of allylic oxidation sites excluding steroid dienone is 1. The molecule has 4 aliphatic rings. The monoisotopic (exact) mass is 484 g/mol. The molecule has 4 aliphatic carbocycles. The highest BCUT2D eigenvalue weighted by Gasteiger charge is 2.77. The maximum Gasteiger partial charge on any atom is 0.460 e. The fourth-order valence-corrected chi connectivity index (χ4v) is 7.03. The molecule has 0 bridgehead atoms. The Kier molecular flexibility index (Phi) is 5.53. The summed E-state index contributed by atoms with van der Waals surface area (Å²) in [6.45, 7) is 4.09. The second-order valence-electron chi connectivity index (χ2n) is 10.6. The van der Waals surface area contributed by atoms with Gasteiger partial charge in [0.1, 0.15) is 11.9 Å². The number of carbonyl (C=O) groups excluding carboxylic acids is 2. The molecule has 10 heteroatoms. The molecular formula is C23H27F7O3. The van der Waals surface area contributed by atoms with Crippen molar-refractivity contribution >= 4 is 11.8 Å². The van der Waals surface area contributed by atoms with Crippen LogP contribution in [0.1, 0.15) is 65.2 Å². The lowest BCUT2D eigenvalue weighted by Gasteiger charge is -2.56. The van der Waals surface area contributed by atoms with Gasteiger partial charge in [0.15, 0.2) is 0 Å². The van der Waals surface area contributed by atoms with E-state index in [1.54, 1.807) is 0 Å². The third-order valence-corrected chi connectivity index (χ3v) is 9.05. The van der Waals surface area contributed by atoms with E-state index in [2.05, 4.69) is 11.7 Å². The van der Waals surface area contributed by atoms with E-state index in [-0.39, 0.29) is 35.5 Å². The van der Waals surface area contributed by atoms with Gasteiger partial charge >= 0.3 is 24.0 Å². The van der Waals surface area contributed by atoms with Crippen molar-refractivity contribution in [3.05, 3.63) is 11.6 Å². The maximum absolute atomic E-state index is 13.7. The summed E-state index contributed by atoms with van der Waals surface area (Å²) in [7, 11) is 0. The highest BCUT2D eigenvalue weighted by Crippen LogP contribution is 2.64. The zero-order valence-electron chi connectivity index (χ0n) is 18.4. The van der Waals surface area contributed by atoms with Crippen LogP contribution in [0.5, 0.6) is 0 Å². The third kappa shape index (κ3) is 3.44. The maximum atomic E-state index is 13.7. The number of ether oxygens (including phenoxy) is 1. The number of carbonyl (C=O) groups is 2. The van der Waals surface area contributed by atoms with Gasteiger partial charge in [0.2, 0.25) is 0 Å². The highest BCUT2D eigenvalue weighted by molar-refractivity contribution is 5.87. The molecule has 3 fully saturated rings. The van der Waals surface area contributed by atoms with Gasteiger partial charge in [0, 0.05) is 18.3 Å². The lowest BCUT2D eigenvalue weighted by Crippen LogP contribution is -2.57. The number of Topliss-reactive ketones (excluding diaryl/α,β-unsaturated/α-hetero) is 1. The molecule has 0 amide bonds. The minimum Gasteiger partial charge on any atom is -0.457 e. The third-order valence-electron chi connectivity index (χ3n) is 9.05. The van der Waals surface area contributed by atoms with Crippen molar-refractivity contribution in [1.29, 1.82) is 0 Å². The van der Waals surface area contributed by atoms with Gasteiger partial charge in [-0.25, -0.2) is 4.79 Å². The van der Waals surface area contributed by atoms with Gasteiger partial charge in [-0.2, -0.15) is 30.7 Å². The van der Waals surface area contributed by atoms with Crippen molar-refractivity contribution in [2.45, 2.75) is 89.3 Å². The van der Waals surface area contributed by atoms with E-state index in [0.29, 0.717) is 31.0 Å². The summed E-state index contributed by atoms with van der Waals surface area (Å²) in [6, 6.07) is 0. The molecule has 0 aromatic heterocycles. The number of alkyl halides is 7. The first-order valence-corrected chi connectivity index (χ1v) is 11.3. The van der Waals surface area contributed by atoms with Gasteiger partial charge in [0.05, 0.1) is 0 Å². The average molecular weight is 484 g/mol. The summed E-state index contributed by atoms with van der Waals surface area (Å²) in [6.07, 6.45) is -1.53. The van der Waals surface area contributed by atoms with Crippen molar-refractivity contribution in [3.63, 3.8) is 0 Å². The van der Waals surface area contributed by atoms with Crippen LogP contribution in [0.4, 0.5) is 30.7 Å². The number of ketones is 1. The highest BCUT2D eigenvalue weighted by atomic mass is 19.4. The zero-order valence-corrected chi connectivity index (χ0v) is 18.4. The van der Waals surface area contributed by atoms with Crippen LogP contribution in [-0.2, 0) is 14.3 Å². The standard InChI is InChI=1S/C23H27F7O3/c1-19-9-7-13(33-18(32)21(24,25)22(26,27)23(28,29)30)11-12(19)3-4-14-15-5-6-17(31)20(15,2)10-8-16(14)19/h3,13-16H,4-11H2,1-2H3. The van der Waals surface area contributed by atoms with Crippen LogP contribution in [0.15, 0.2) is 11.6 Å². The lowest BCUT2D eigenvalue weighted by atomic mass is 9.48. The van der Waals surface area contributed by atoms with Crippen molar-refractivity contribution in [3.8, 4) is 0 Å². The molecule has 6 atom stereocenters. The van der Waals surface area contributed by atoms with Gasteiger partial charge in [-0.1, -0.05) is 25.5 Å². The molecule has 0 spiro atoms. The number of hydrogen-bond acceptors (Lipinski definition) is 3. The summed E-state index contributed by atoms with van der Waals surface area (Å²) >= 11 is 0. The van der Waals surface area contributed by atoms with Crippen LogP contribution < -0.4 is 0 Å². The lowest BCUT2D eigenvalue weighted by molar-refractivity contribution is -0.349. The van der Waals surface area contributed by atoms with Crippen LogP contribution in [0.2, 0.25) is 0 Å². The molecule has 3 nitrogen and oxygen atoms in total. The molecule has 0 saturated heterocycles. The predicted octanol–water partition coefficient (Wildman–Crippen LogP) is 6.26. The number of hydrogen-bond donors (Lipinski definition) is 0. The first-order chi connectivity index (χ1) is 15.1. The first-order valence-electron chi connectivity index (χ1n) is 11.3. The van der Waals surface area contributed by atoms with Crippen LogP contribution in [0.3, 0.4) is 0 Å². The quantitative estimate of drug-likeness (QED) is 0.270. The minimum absolute atomic E-state index is 0.0278. The Morgan fingerprint density at radius 3 is 2.21 bits per heavy atom. The van der Waals surface area contributed by atoms with Gasteiger partial charge in [-0.3, -0.25) is 4.79 Å². The Morgan fingerprint density at radius 2 is 1.58 bits per heavy atom. The fourth-order valence-electron chi connectivity index (χ4n) is 7.03. The molecule has 6 unspecified atom stereocenters. The van der Waals surface area contributed by atoms with Crippen molar-refractivity contribution in [2.24, 2.45) is 28.6 Å². The predicted molar refractivity (Wildman–Crippen MR) is 103 cm³/mol. The second kappa shape index (κ2) is 7.44. The number of esters is 1. The Bertz CT molecular complexity index is 880. The summed E-state index contributed by atoms with van der Waals surface area (Å²) in [5.41, 5.74) is 0.244. The van der Waals surface area contributed by atoms with E-state index in [0.717, 1.165) is 24.8 Å². The van der Waals surface area contributed by atoms with E-state index >= 15 is 0 Å². The van der Waals surface area contributed by atoms with Crippen LogP contribution >= 0.6 is 0 Å². The summed E-state index contributed by atoms with van der Waals surface area (Å²) < 4.78 is 95.4. The van der Waals surface area contributed by atoms with Gasteiger partial charge in [-0.05, 0) is 61.7 Å². The van der Waals surface area contributed by atoms with Crippen LogP contribution in [0, 0.1) is 28.6 Å². The molecule has 0 N–H and O–H groups in total. The van der Waals surface area contributed by atoms with E-state index in [9.17, 15) is 40.3 Å². The van der Waals surface area contributed by atoms with E-state index in [1.165, 1.54) is 0 Å². The fraction of sp³-hybridized carbons (Fsp3) is 0.826. The molecule has 4 rings (SSSR count). The summed E-state index contributed by atoms with van der Waals surface area (Å²) in [5.74, 6) is -14.3. The molecular weight excluding hydrogens is 457 g/mol. The molecule has 3 saturated carbocycles. The molecule has 33 heavy (non-hydrogen) atoms. The van der Waals surface area contributed by atoms with Crippen LogP contribution in [0.25, 0.3) is 0 Å². The zero-order chi connectivity index (χ0) is 24.6. The van der Waals surface area contributed by atoms with Crippen molar-refractivity contribution in [1.82, 2.24) is 0 Å². The summed E-state index contributed by atoms with van der Waals surface area (Å²) in [4.78, 5) is 24.2. The molecule has 0 aliphatic heterocycles. The topological polar surface area (TPSA) is 43.4 Å². The molecule has 0 radical (unpaired) electrons. The Morgan fingerprint density at radius 1 is 0.970 bits per heavy atom. The smallest absolute Gasteiger partial charge is 0.457 e. The van der Waals surface area contributed by atoms with E-state index < -0.39 is 30.1 Å². The normalized spacial score (nSPS) is 39.3. The Balaban J connectivity index is 1.49. The molecule has 0 heterocycles. The molecule has 186 valence electrons. The number of halogens is 7. The molecule has 0 aromatic carbocycles.